The van der Waals surface area contributed by atoms with Gasteiger partial charge in [0.25, 0.3) is 5.91 Å². The fraction of sp³-hybridized carbons (Fsp3) is 0.348. The van der Waals surface area contributed by atoms with Gasteiger partial charge in [-0.3, -0.25) is 9.69 Å². The molecule has 1 aliphatic heterocycles. The molecule has 2 N–H and O–H groups in total. The van der Waals surface area contributed by atoms with Gasteiger partial charge in [0, 0.05) is 0 Å². The molecule has 148 valence electrons. The van der Waals surface area contributed by atoms with Crippen LogP contribution in [0, 0.1) is 27.7 Å². The van der Waals surface area contributed by atoms with Crippen molar-refractivity contribution in [2.75, 3.05) is 0 Å². The van der Waals surface area contributed by atoms with Gasteiger partial charge in [-0.2, -0.15) is 0 Å². The molecular formula is C23H28N2O3. The minimum atomic E-state index is -1.15. The lowest BCUT2D eigenvalue weighted by molar-refractivity contribution is -0.129. The van der Waals surface area contributed by atoms with Crippen LogP contribution < -0.4 is 10.1 Å². The van der Waals surface area contributed by atoms with Crippen molar-refractivity contribution < 1.29 is 14.6 Å². The van der Waals surface area contributed by atoms with E-state index in [1.165, 1.54) is 0 Å². The Morgan fingerprint density at radius 3 is 2.04 bits per heavy atom. The van der Waals surface area contributed by atoms with Gasteiger partial charge in [-0.1, -0.05) is 42.3 Å². The number of hydrogen-bond donors (Lipinski definition) is 2. The second-order valence-electron chi connectivity index (χ2n) is 7.53. The minimum absolute atomic E-state index is 0.300. The summed E-state index contributed by atoms with van der Waals surface area (Å²) in [6.07, 6.45) is -0.647. The fourth-order valence-corrected chi connectivity index (χ4v) is 3.71. The van der Waals surface area contributed by atoms with E-state index < -0.39 is 6.35 Å². The highest BCUT2D eigenvalue weighted by atomic mass is 16.5. The van der Waals surface area contributed by atoms with Crippen LogP contribution in [0.5, 0.6) is 5.75 Å². The number of carbonyl (C=O) groups is 1. The van der Waals surface area contributed by atoms with Crippen LogP contribution in [-0.4, -0.2) is 22.3 Å². The highest BCUT2D eigenvalue weighted by Gasteiger charge is 2.33. The van der Waals surface area contributed by atoms with Gasteiger partial charge >= 0.3 is 0 Å². The summed E-state index contributed by atoms with van der Waals surface area (Å²) < 4.78 is 6.19. The van der Waals surface area contributed by atoms with Crippen LogP contribution in [-0.2, 0) is 11.3 Å². The topological polar surface area (TPSA) is 61.8 Å². The lowest BCUT2D eigenvalue weighted by Gasteiger charge is -2.37. The summed E-state index contributed by atoms with van der Waals surface area (Å²) in [6.45, 7) is 10.4. The summed E-state index contributed by atoms with van der Waals surface area (Å²) in [4.78, 5) is 14.1. The van der Waals surface area contributed by atoms with E-state index in [0.29, 0.717) is 30.2 Å². The van der Waals surface area contributed by atoms with E-state index in [9.17, 15) is 9.90 Å². The SMILES string of the molecule is CCC1=C(Oc2cc(C)cc(C)c2)N(Cc2cc(C)cc(C)c2)C(O)NC1=O. The first-order valence-corrected chi connectivity index (χ1v) is 9.59. The fourth-order valence-electron chi connectivity index (χ4n) is 3.71. The van der Waals surface area contributed by atoms with E-state index >= 15 is 0 Å². The normalized spacial score (nSPS) is 17.0. The number of hydrogen-bond acceptors (Lipinski definition) is 4. The number of rotatable bonds is 5. The van der Waals surface area contributed by atoms with Crippen molar-refractivity contribution in [1.82, 2.24) is 10.2 Å². The van der Waals surface area contributed by atoms with E-state index in [1.807, 2.05) is 46.8 Å². The molecule has 28 heavy (non-hydrogen) atoms. The number of carbonyl (C=O) groups excluding carboxylic acids is 1. The third-order valence-corrected chi connectivity index (χ3v) is 4.75. The van der Waals surface area contributed by atoms with E-state index in [4.69, 9.17) is 4.74 Å². The van der Waals surface area contributed by atoms with Crippen LogP contribution in [0.15, 0.2) is 47.9 Å². The summed E-state index contributed by atoms with van der Waals surface area (Å²) in [5.74, 6) is 0.764. The molecular weight excluding hydrogens is 352 g/mol. The first-order chi connectivity index (χ1) is 13.3. The molecule has 0 aromatic heterocycles. The summed E-state index contributed by atoms with van der Waals surface area (Å²) in [6, 6.07) is 12.2. The molecule has 0 aliphatic carbocycles. The minimum Gasteiger partial charge on any atom is -0.441 e. The summed E-state index contributed by atoms with van der Waals surface area (Å²) >= 11 is 0. The smallest absolute Gasteiger partial charge is 0.255 e. The summed E-state index contributed by atoms with van der Waals surface area (Å²) in [5.41, 5.74) is 6.04. The first-order valence-electron chi connectivity index (χ1n) is 9.59. The maximum absolute atomic E-state index is 12.4. The molecule has 5 nitrogen and oxygen atoms in total. The number of nitrogens with zero attached hydrogens (tertiary/aromatic N) is 1. The molecule has 0 spiro atoms. The van der Waals surface area contributed by atoms with E-state index in [1.54, 1.807) is 4.90 Å². The van der Waals surface area contributed by atoms with E-state index in [2.05, 4.69) is 29.6 Å². The van der Waals surface area contributed by atoms with Gasteiger partial charge in [0.2, 0.25) is 12.2 Å². The lowest BCUT2D eigenvalue weighted by Crippen LogP contribution is -2.53. The number of aliphatic hydroxyl groups is 1. The zero-order valence-corrected chi connectivity index (χ0v) is 17.2. The highest BCUT2D eigenvalue weighted by Crippen LogP contribution is 2.28. The molecule has 1 heterocycles. The van der Waals surface area contributed by atoms with Gasteiger partial charge in [0.05, 0.1) is 12.1 Å². The standard InChI is InChI=1S/C23H28N2O3/c1-6-20-21(26)24-23(27)25(13-18-9-14(2)7-15(3)10-18)22(20)28-19-11-16(4)8-17(5)12-19/h7-12,23,27H,6,13H2,1-5H3,(H,24,26). The molecule has 0 fully saturated rings. The predicted octanol–water partition coefficient (Wildman–Crippen LogP) is 3.83. The molecule has 2 aromatic rings. The number of benzene rings is 2. The molecule has 2 aromatic carbocycles. The molecule has 0 bridgehead atoms. The average molecular weight is 380 g/mol. The monoisotopic (exact) mass is 380 g/mol. The highest BCUT2D eigenvalue weighted by molar-refractivity contribution is 5.94. The predicted molar refractivity (Wildman–Crippen MR) is 109 cm³/mol. The van der Waals surface area contributed by atoms with Crippen LogP contribution in [0.3, 0.4) is 0 Å². The number of ether oxygens (including phenoxy) is 1. The van der Waals surface area contributed by atoms with E-state index in [0.717, 1.165) is 27.8 Å². The average Bonchev–Trinajstić information content (AvgIpc) is 2.56. The first kappa shape index (κ1) is 20.0. The molecule has 1 atom stereocenters. The molecule has 1 unspecified atom stereocenters. The Morgan fingerprint density at radius 1 is 0.964 bits per heavy atom. The maximum atomic E-state index is 12.4. The van der Waals surface area contributed by atoms with Crippen molar-refractivity contribution >= 4 is 5.91 Å². The maximum Gasteiger partial charge on any atom is 0.255 e. The van der Waals surface area contributed by atoms with Gasteiger partial charge in [-0.25, -0.2) is 0 Å². The Bertz CT molecular complexity index is 893. The van der Waals surface area contributed by atoms with Crippen molar-refractivity contribution in [3.05, 3.63) is 75.7 Å². The Morgan fingerprint density at radius 2 is 1.50 bits per heavy atom. The summed E-state index contributed by atoms with van der Waals surface area (Å²) in [5, 5.41) is 13.2. The Balaban J connectivity index is 2.01. The zero-order chi connectivity index (χ0) is 20.4. The van der Waals surface area contributed by atoms with Crippen LogP contribution in [0.4, 0.5) is 0 Å². The quantitative estimate of drug-likeness (QED) is 0.828. The lowest BCUT2D eigenvalue weighted by atomic mass is 10.1. The van der Waals surface area contributed by atoms with E-state index in [-0.39, 0.29) is 5.91 Å². The van der Waals surface area contributed by atoms with Crippen LogP contribution >= 0.6 is 0 Å². The van der Waals surface area contributed by atoms with Crippen molar-refractivity contribution in [1.29, 1.82) is 0 Å². The molecule has 1 amide bonds. The number of amides is 1. The Kier molecular flexibility index (Phi) is 5.75. The second kappa shape index (κ2) is 8.07. The third kappa shape index (κ3) is 4.37. The number of aliphatic hydroxyl groups excluding tert-OH is 1. The molecule has 0 saturated heterocycles. The second-order valence-corrected chi connectivity index (χ2v) is 7.53. The van der Waals surface area contributed by atoms with Gasteiger partial charge in [-0.15, -0.1) is 0 Å². The third-order valence-electron chi connectivity index (χ3n) is 4.75. The largest absolute Gasteiger partial charge is 0.441 e. The van der Waals surface area contributed by atoms with Crippen molar-refractivity contribution in [2.24, 2.45) is 0 Å². The van der Waals surface area contributed by atoms with Gasteiger partial charge in [0.1, 0.15) is 5.75 Å². The van der Waals surface area contributed by atoms with Crippen LogP contribution in [0.25, 0.3) is 0 Å². The van der Waals surface area contributed by atoms with Crippen molar-refractivity contribution in [2.45, 2.75) is 53.9 Å². The number of nitrogens with one attached hydrogen (secondary N) is 1. The zero-order valence-electron chi connectivity index (χ0n) is 17.2. The van der Waals surface area contributed by atoms with Crippen molar-refractivity contribution in [3.63, 3.8) is 0 Å². The van der Waals surface area contributed by atoms with Crippen LogP contribution in [0.2, 0.25) is 0 Å². The molecule has 1 aliphatic rings. The summed E-state index contributed by atoms with van der Waals surface area (Å²) in [7, 11) is 0. The Hall–Kier alpha value is -2.79. The van der Waals surface area contributed by atoms with Crippen molar-refractivity contribution in [3.8, 4) is 5.75 Å². The number of aryl methyl sites for hydroxylation is 4. The van der Waals surface area contributed by atoms with Gasteiger partial charge in [0.15, 0.2) is 0 Å². The molecule has 0 radical (unpaired) electrons. The van der Waals surface area contributed by atoms with Crippen LogP contribution in [0.1, 0.15) is 41.2 Å². The molecule has 0 saturated carbocycles. The van der Waals surface area contributed by atoms with Gasteiger partial charge in [-0.05, 0) is 62.9 Å². The Labute approximate surface area is 166 Å². The molecule has 5 heteroatoms. The molecule has 3 rings (SSSR count). The van der Waals surface area contributed by atoms with Gasteiger partial charge < -0.3 is 15.2 Å².